The van der Waals surface area contributed by atoms with Gasteiger partial charge in [0.05, 0.1) is 6.04 Å². The molecule has 1 aliphatic heterocycles. The van der Waals surface area contributed by atoms with Crippen molar-refractivity contribution in [3.05, 3.63) is 29.8 Å². The van der Waals surface area contributed by atoms with Gasteiger partial charge in [0.25, 0.3) is 0 Å². The number of cyclic esters (lactones) is 1. The number of nitrogens with two attached hydrogens (primary N) is 1. The summed E-state index contributed by atoms with van der Waals surface area (Å²) in [6, 6.07) is 8.04. The lowest BCUT2D eigenvalue weighted by Gasteiger charge is -2.21. The van der Waals surface area contributed by atoms with Gasteiger partial charge in [0, 0.05) is 12.2 Å². The van der Waals surface area contributed by atoms with Gasteiger partial charge in [0.1, 0.15) is 6.61 Å². The summed E-state index contributed by atoms with van der Waals surface area (Å²) >= 11 is 0. The summed E-state index contributed by atoms with van der Waals surface area (Å²) in [5, 5.41) is 0. The highest BCUT2D eigenvalue weighted by Crippen LogP contribution is 2.19. The van der Waals surface area contributed by atoms with Gasteiger partial charge in [0.15, 0.2) is 0 Å². The van der Waals surface area contributed by atoms with Crippen LogP contribution < -0.4 is 5.73 Å². The number of anilines is 1. The van der Waals surface area contributed by atoms with Gasteiger partial charge in [-0.05, 0) is 30.5 Å². The monoisotopic (exact) mass is 318 g/mol. The summed E-state index contributed by atoms with van der Waals surface area (Å²) in [5.74, 6) is 0. The highest BCUT2D eigenvalue weighted by Gasteiger charge is 2.32. The Morgan fingerprint density at radius 2 is 1.74 bits per heavy atom. The van der Waals surface area contributed by atoms with E-state index in [-0.39, 0.29) is 12.1 Å². The molecule has 0 bridgehead atoms. The summed E-state index contributed by atoms with van der Waals surface area (Å²) in [6.45, 7) is 3.55. The molecule has 128 valence electrons. The van der Waals surface area contributed by atoms with Gasteiger partial charge in [-0.1, -0.05) is 57.6 Å². The van der Waals surface area contributed by atoms with E-state index in [1.54, 1.807) is 0 Å². The SMILES string of the molecule is CCCCCCCCCN1C(=O)OC[C@H]1Cc1ccc(N)cc1. The molecular weight excluding hydrogens is 288 g/mol. The van der Waals surface area contributed by atoms with Crippen LogP contribution >= 0.6 is 0 Å². The molecule has 1 aliphatic rings. The molecule has 0 unspecified atom stereocenters. The maximum atomic E-state index is 11.9. The molecule has 23 heavy (non-hydrogen) atoms. The van der Waals surface area contributed by atoms with Gasteiger partial charge in [-0.15, -0.1) is 0 Å². The van der Waals surface area contributed by atoms with Crippen molar-refractivity contribution in [2.75, 3.05) is 18.9 Å². The average Bonchev–Trinajstić information content (AvgIpc) is 2.89. The fourth-order valence-corrected chi connectivity index (χ4v) is 3.10. The standard InChI is InChI=1S/C19H30N2O2/c1-2-3-4-5-6-7-8-13-21-18(15-23-19(21)22)14-16-9-11-17(20)12-10-16/h9-12,18H,2-8,13-15,20H2,1H3/t18-/m1/s1. The first kappa shape index (κ1) is 17.6. The van der Waals surface area contributed by atoms with E-state index in [1.807, 2.05) is 29.2 Å². The Kier molecular flexibility index (Phi) is 7.24. The van der Waals surface area contributed by atoms with Crippen LogP contribution in [0.5, 0.6) is 0 Å². The highest BCUT2D eigenvalue weighted by molar-refractivity contribution is 5.70. The zero-order chi connectivity index (χ0) is 16.5. The number of unbranched alkanes of at least 4 members (excludes halogenated alkanes) is 6. The van der Waals surface area contributed by atoms with Crippen molar-refractivity contribution in [1.29, 1.82) is 0 Å². The predicted octanol–water partition coefficient (Wildman–Crippen LogP) is 4.38. The van der Waals surface area contributed by atoms with Crippen LogP contribution in [0.4, 0.5) is 10.5 Å². The minimum absolute atomic E-state index is 0.156. The fourth-order valence-electron chi connectivity index (χ4n) is 3.10. The minimum atomic E-state index is -0.156. The molecule has 1 amide bonds. The Morgan fingerprint density at radius 1 is 1.09 bits per heavy atom. The second-order valence-electron chi connectivity index (χ2n) is 6.49. The van der Waals surface area contributed by atoms with Crippen molar-refractivity contribution in [3.8, 4) is 0 Å². The van der Waals surface area contributed by atoms with Crippen LogP contribution in [0, 0.1) is 0 Å². The summed E-state index contributed by atoms with van der Waals surface area (Å²) in [5.41, 5.74) is 7.69. The maximum Gasteiger partial charge on any atom is 0.410 e. The van der Waals surface area contributed by atoms with Crippen LogP contribution in [0.25, 0.3) is 0 Å². The first-order valence-corrected chi connectivity index (χ1v) is 8.98. The molecule has 0 spiro atoms. The van der Waals surface area contributed by atoms with Gasteiger partial charge < -0.3 is 15.4 Å². The number of hydrogen-bond acceptors (Lipinski definition) is 3. The van der Waals surface area contributed by atoms with E-state index in [9.17, 15) is 4.79 Å². The molecule has 0 aliphatic carbocycles. The van der Waals surface area contributed by atoms with Gasteiger partial charge >= 0.3 is 6.09 Å². The largest absolute Gasteiger partial charge is 0.447 e. The van der Waals surface area contributed by atoms with E-state index in [0.717, 1.165) is 25.1 Å². The van der Waals surface area contributed by atoms with Crippen LogP contribution in [0.2, 0.25) is 0 Å². The quantitative estimate of drug-likeness (QED) is 0.514. The predicted molar refractivity (Wildman–Crippen MR) is 94.4 cm³/mol. The molecule has 0 aromatic heterocycles. The summed E-state index contributed by atoms with van der Waals surface area (Å²) in [7, 11) is 0. The molecule has 1 aromatic rings. The molecule has 1 fully saturated rings. The highest BCUT2D eigenvalue weighted by atomic mass is 16.6. The normalized spacial score (nSPS) is 17.5. The number of benzene rings is 1. The Balaban J connectivity index is 1.72. The first-order valence-electron chi connectivity index (χ1n) is 8.98. The summed E-state index contributed by atoms with van der Waals surface area (Å²) < 4.78 is 5.25. The number of nitrogens with zero attached hydrogens (tertiary/aromatic N) is 1. The molecule has 1 saturated heterocycles. The number of rotatable bonds is 10. The molecule has 4 nitrogen and oxygen atoms in total. The fraction of sp³-hybridized carbons (Fsp3) is 0.632. The Bertz CT molecular complexity index is 473. The molecule has 0 saturated carbocycles. The van der Waals surface area contributed by atoms with Gasteiger partial charge in [0.2, 0.25) is 0 Å². The zero-order valence-corrected chi connectivity index (χ0v) is 14.3. The number of ether oxygens (including phenoxy) is 1. The Morgan fingerprint density at radius 3 is 2.43 bits per heavy atom. The van der Waals surface area contributed by atoms with Gasteiger partial charge in [-0.25, -0.2) is 4.79 Å². The van der Waals surface area contributed by atoms with Crippen molar-refractivity contribution in [2.45, 2.75) is 64.3 Å². The van der Waals surface area contributed by atoms with E-state index < -0.39 is 0 Å². The van der Waals surface area contributed by atoms with Gasteiger partial charge in [-0.2, -0.15) is 0 Å². The molecular formula is C19H30N2O2. The lowest BCUT2D eigenvalue weighted by molar-refractivity contribution is 0.157. The van der Waals surface area contributed by atoms with E-state index >= 15 is 0 Å². The number of carbonyl (C=O) groups excluding carboxylic acids is 1. The van der Waals surface area contributed by atoms with Crippen LogP contribution in [-0.4, -0.2) is 30.2 Å². The Labute approximate surface area is 140 Å². The van der Waals surface area contributed by atoms with E-state index in [2.05, 4.69) is 6.92 Å². The van der Waals surface area contributed by atoms with Crippen molar-refractivity contribution < 1.29 is 9.53 Å². The molecule has 2 N–H and O–H groups in total. The van der Waals surface area contributed by atoms with Crippen LogP contribution in [0.1, 0.15) is 57.4 Å². The molecule has 0 radical (unpaired) electrons. The van der Waals surface area contributed by atoms with Gasteiger partial charge in [-0.3, -0.25) is 0 Å². The smallest absolute Gasteiger partial charge is 0.410 e. The molecule has 1 aromatic carbocycles. The van der Waals surface area contributed by atoms with Crippen LogP contribution in [-0.2, 0) is 11.2 Å². The zero-order valence-electron chi connectivity index (χ0n) is 14.3. The second kappa shape index (κ2) is 9.43. The van der Waals surface area contributed by atoms with E-state index in [1.165, 1.54) is 44.1 Å². The number of nitrogen functional groups attached to an aromatic ring is 1. The summed E-state index contributed by atoms with van der Waals surface area (Å²) in [4.78, 5) is 13.8. The molecule has 1 atom stereocenters. The van der Waals surface area contributed by atoms with Crippen molar-refractivity contribution in [2.24, 2.45) is 0 Å². The first-order chi connectivity index (χ1) is 11.2. The minimum Gasteiger partial charge on any atom is -0.447 e. The topological polar surface area (TPSA) is 55.6 Å². The lowest BCUT2D eigenvalue weighted by atomic mass is 10.0. The number of carbonyl (C=O) groups is 1. The van der Waals surface area contributed by atoms with Crippen molar-refractivity contribution >= 4 is 11.8 Å². The summed E-state index contributed by atoms with van der Waals surface area (Å²) in [6.07, 6.45) is 9.48. The maximum absolute atomic E-state index is 11.9. The van der Waals surface area contributed by atoms with Crippen LogP contribution in [0.3, 0.4) is 0 Å². The van der Waals surface area contributed by atoms with Crippen molar-refractivity contribution in [3.63, 3.8) is 0 Å². The second-order valence-corrected chi connectivity index (χ2v) is 6.49. The molecule has 1 heterocycles. The van der Waals surface area contributed by atoms with E-state index in [0.29, 0.717) is 6.61 Å². The number of amides is 1. The third-order valence-electron chi connectivity index (χ3n) is 4.53. The Hall–Kier alpha value is -1.71. The van der Waals surface area contributed by atoms with Crippen LogP contribution in [0.15, 0.2) is 24.3 Å². The lowest BCUT2D eigenvalue weighted by Crippen LogP contribution is -2.35. The molecule has 4 heteroatoms. The molecule has 2 rings (SSSR count). The third-order valence-corrected chi connectivity index (χ3v) is 4.53. The van der Waals surface area contributed by atoms with E-state index in [4.69, 9.17) is 10.5 Å². The third kappa shape index (κ3) is 5.77. The van der Waals surface area contributed by atoms with Crippen molar-refractivity contribution in [1.82, 2.24) is 4.90 Å². The number of hydrogen-bond donors (Lipinski definition) is 1. The average molecular weight is 318 g/mol.